The summed E-state index contributed by atoms with van der Waals surface area (Å²) in [5, 5.41) is 3.72. The zero-order chi connectivity index (χ0) is 23.1. The van der Waals surface area contributed by atoms with Gasteiger partial charge in [0.1, 0.15) is 11.5 Å². The van der Waals surface area contributed by atoms with E-state index in [4.69, 9.17) is 5.73 Å². The van der Waals surface area contributed by atoms with Crippen molar-refractivity contribution in [2.45, 2.75) is 12.4 Å². The molecule has 6 nitrogen and oxygen atoms in total. The minimum Gasteiger partial charge on any atom is -0.382 e. The van der Waals surface area contributed by atoms with Crippen LogP contribution in [0.5, 0.6) is 0 Å². The van der Waals surface area contributed by atoms with Crippen molar-refractivity contribution in [1.82, 2.24) is 24.6 Å². The molecule has 32 heavy (non-hydrogen) atoms. The lowest BCUT2D eigenvalue weighted by Crippen LogP contribution is -2.13. The Labute approximate surface area is 175 Å². The first-order valence-corrected chi connectivity index (χ1v) is 8.75. The number of hydrogen-bond donors (Lipinski definition) is 1. The van der Waals surface area contributed by atoms with E-state index in [0.717, 1.165) is 30.5 Å². The molecule has 0 bridgehead atoms. The molecule has 3 aromatic heterocycles. The zero-order valence-electron chi connectivity index (χ0n) is 15.7. The molecule has 0 unspecified atom stereocenters. The Bertz CT molecular complexity index is 1340. The average Bonchev–Trinajstić information content (AvgIpc) is 3.14. The van der Waals surface area contributed by atoms with Crippen molar-refractivity contribution in [2.75, 3.05) is 5.73 Å². The molecule has 0 aliphatic rings. The van der Waals surface area contributed by atoms with Gasteiger partial charge in [0.15, 0.2) is 11.3 Å². The minimum atomic E-state index is -4.80. The third-order valence-electron chi connectivity index (χ3n) is 4.27. The molecular weight excluding hydrogens is 438 g/mol. The van der Waals surface area contributed by atoms with Crippen LogP contribution in [-0.2, 0) is 12.4 Å². The normalized spacial score (nSPS) is 11.9. The van der Waals surface area contributed by atoms with Crippen molar-refractivity contribution < 1.29 is 26.3 Å². The second-order valence-corrected chi connectivity index (χ2v) is 6.47. The predicted octanol–water partition coefficient (Wildman–Crippen LogP) is 4.21. The third-order valence-corrected chi connectivity index (χ3v) is 4.27. The van der Waals surface area contributed by atoms with Gasteiger partial charge in [0.05, 0.1) is 35.4 Å². The van der Waals surface area contributed by atoms with E-state index in [2.05, 4.69) is 31.9 Å². The van der Waals surface area contributed by atoms with Gasteiger partial charge in [-0.1, -0.05) is 18.1 Å². The van der Waals surface area contributed by atoms with Gasteiger partial charge in [-0.25, -0.2) is 19.5 Å². The largest absolute Gasteiger partial charge is 0.433 e. The maximum absolute atomic E-state index is 13.6. The molecule has 0 spiro atoms. The van der Waals surface area contributed by atoms with Crippen molar-refractivity contribution in [3.05, 3.63) is 71.4 Å². The van der Waals surface area contributed by atoms with Gasteiger partial charge in [-0.2, -0.15) is 31.4 Å². The molecular formula is C20H10F6N6. The van der Waals surface area contributed by atoms with Crippen molar-refractivity contribution in [3.63, 3.8) is 0 Å². The molecule has 0 aliphatic heterocycles. The molecule has 2 N–H and O–H groups in total. The van der Waals surface area contributed by atoms with Gasteiger partial charge in [0.2, 0.25) is 0 Å². The average molecular weight is 448 g/mol. The Morgan fingerprint density at radius 1 is 0.844 bits per heavy atom. The summed E-state index contributed by atoms with van der Waals surface area (Å²) in [5.41, 5.74) is 3.29. The van der Waals surface area contributed by atoms with Crippen molar-refractivity contribution in [1.29, 1.82) is 0 Å². The van der Waals surface area contributed by atoms with Gasteiger partial charge in [-0.3, -0.25) is 0 Å². The number of nitrogen functional groups attached to an aromatic ring is 1. The Morgan fingerprint density at radius 3 is 2.16 bits per heavy atom. The molecule has 0 saturated heterocycles. The second-order valence-electron chi connectivity index (χ2n) is 6.47. The number of aromatic nitrogens is 5. The molecule has 162 valence electrons. The number of benzene rings is 1. The first-order chi connectivity index (χ1) is 15.0. The van der Waals surface area contributed by atoms with E-state index in [1.807, 2.05) is 0 Å². The number of alkyl halides is 6. The number of rotatable bonds is 1. The second kappa shape index (κ2) is 7.52. The van der Waals surface area contributed by atoms with E-state index in [-0.39, 0.29) is 34.0 Å². The van der Waals surface area contributed by atoms with Crippen molar-refractivity contribution in [2.24, 2.45) is 0 Å². The van der Waals surface area contributed by atoms with Crippen LogP contribution in [-0.4, -0.2) is 24.6 Å². The molecule has 0 fully saturated rings. The number of hydrogen-bond acceptors (Lipinski definition) is 5. The lowest BCUT2D eigenvalue weighted by atomic mass is 10.1. The number of nitrogens with zero attached hydrogens (tertiary/aromatic N) is 5. The summed E-state index contributed by atoms with van der Waals surface area (Å²) in [6.45, 7) is 0. The fourth-order valence-electron chi connectivity index (χ4n) is 2.76. The summed E-state index contributed by atoms with van der Waals surface area (Å²) < 4.78 is 79.9. The van der Waals surface area contributed by atoms with Gasteiger partial charge >= 0.3 is 12.4 Å². The quantitative estimate of drug-likeness (QED) is 0.349. The maximum atomic E-state index is 13.6. The highest BCUT2D eigenvalue weighted by Gasteiger charge is 2.36. The Kier molecular flexibility index (Phi) is 4.96. The molecule has 0 saturated carbocycles. The highest BCUT2D eigenvalue weighted by atomic mass is 19.4. The van der Waals surface area contributed by atoms with E-state index in [1.165, 1.54) is 12.4 Å². The van der Waals surface area contributed by atoms with Crippen LogP contribution in [0.1, 0.15) is 22.5 Å². The zero-order valence-corrected chi connectivity index (χ0v) is 15.7. The van der Waals surface area contributed by atoms with Crippen molar-refractivity contribution >= 4 is 11.5 Å². The first-order valence-electron chi connectivity index (χ1n) is 8.75. The highest BCUT2D eigenvalue weighted by molar-refractivity contribution is 5.66. The fourth-order valence-corrected chi connectivity index (χ4v) is 2.76. The van der Waals surface area contributed by atoms with Crippen LogP contribution in [0.15, 0.2) is 48.9 Å². The van der Waals surface area contributed by atoms with Crippen LogP contribution >= 0.6 is 0 Å². The Morgan fingerprint density at radius 2 is 1.56 bits per heavy atom. The monoisotopic (exact) mass is 448 g/mol. The lowest BCUT2D eigenvalue weighted by Gasteiger charge is -2.12. The van der Waals surface area contributed by atoms with Gasteiger partial charge < -0.3 is 5.73 Å². The first kappa shape index (κ1) is 21.1. The Balaban J connectivity index is 1.85. The van der Waals surface area contributed by atoms with Crippen LogP contribution in [0, 0.1) is 11.8 Å². The minimum absolute atomic E-state index is 0.0582. The molecule has 0 aliphatic carbocycles. The number of anilines is 1. The summed E-state index contributed by atoms with van der Waals surface area (Å²) in [4.78, 5) is 11.9. The molecule has 0 radical (unpaired) electrons. The van der Waals surface area contributed by atoms with E-state index in [0.29, 0.717) is 10.6 Å². The van der Waals surface area contributed by atoms with Gasteiger partial charge in [0.25, 0.3) is 0 Å². The standard InChI is InChI=1S/C20H10F6N6/c21-19(22,23)13-4-1-11(2-5-13)15-7-16(20(24,25)26)32-18(31-15)12(8-30-32)3-6-14-9-29-17(27)10-28-14/h1-2,4-5,7-10H,(H2,27,29). The SMILES string of the molecule is Nc1cnc(C#Cc2cnn3c(C(F)(F)F)cc(-c4ccc(C(F)(F)F)cc4)nc23)cn1. The molecule has 0 atom stereocenters. The molecule has 12 heteroatoms. The van der Waals surface area contributed by atoms with Crippen LogP contribution in [0.4, 0.5) is 32.2 Å². The van der Waals surface area contributed by atoms with E-state index < -0.39 is 23.6 Å². The van der Waals surface area contributed by atoms with Gasteiger partial charge in [-0.15, -0.1) is 0 Å². The highest BCUT2D eigenvalue weighted by Crippen LogP contribution is 2.34. The van der Waals surface area contributed by atoms with Crippen molar-refractivity contribution in [3.8, 4) is 23.1 Å². The Hall–Kier alpha value is -4.14. The molecule has 3 heterocycles. The van der Waals surface area contributed by atoms with Crippen LogP contribution in [0.3, 0.4) is 0 Å². The lowest BCUT2D eigenvalue weighted by molar-refractivity contribution is -0.142. The maximum Gasteiger partial charge on any atom is 0.433 e. The summed E-state index contributed by atoms with van der Waals surface area (Å²) in [5.74, 6) is 5.43. The van der Waals surface area contributed by atoms with Crippen LogP contribution in [0.25, 0.3) is 16.9 Å². The van der Waals surface area contributed by atoms with E-state index in [9.17, 15) is 26.3 Å². The summed E-state index contributed by atoms with van der Waals surface area (Å²) >= 11 is 0. The fraction of sp³-hybridized carbons (Fsp3) is 0.100. The molecule has 4 rings (SSSR count). The topological polar surface area (TPSA) is 82.0 Å². The van der Waals surface area contributed by atoms with E-state index in [1.54, 1.807) is 0 Å². The van der Waals surface area contributed by atoms with Crippen LogP contribution in [0.2, 0.25) is 0 Å². The smallest absolute Gasteiger partial charge is 0.382 e. The predicted molar refractivity (Wildman–Crippen MR) is 101 cm³/mol. The van der Waals surface area contributed by atoms with Gasteiger partial charge in [-0.05, 0) is 24.1 Å². The molecule has 4 aromatic rings. The number of halogens is 6. The van der Waals surface area contributed by atoms with Gasteiger partial charge in [0, 0.05) is 5.56 Å². The van der Waals surface area contributed by atoms with E-state index >= 15 is 0 Å². The number of fused-ring (bicyclic) bond motifs is 1. The molecule has 0 amide bonds. The molecule has 1 aromatic carbocycles. The van der Waals surface area contributed by atoms with Crippen LogP contribution < -0.4 is 5.73 Å². The number of nitrogens with two attached hydrogens (primary N) is 1. The third kappa shape index (κ3) is 4.18. The summed E-state index contributed by atoms with van der Waals surface area (Å²) in [6.07, 6.45) is -5.72. The summed E-state index contributed by atoms with van der Waals surface area (Å²) in [7, 11) is 0. The summed E-state index contributed by atoms with van der Waals surface area (Å²) in [6, 6.07) is 4.35.